The van der Waals surface area contributed by atoms with E-state index in [0.29, 0.717) is 10.8 Å². The average Bonchev–Trinajstić information content (AvgIpc) is 2.07. The minimum absolute atomic E-state index is 0.397. The Morgan fingerprint density at radius 2 is 1.64 bits per heavy atom. The van der Waals surface area contributed by atoms with Crippen molar-refractivity contribution < 1.29 is 5.11 Å². The molecule has 4 aliphatic rings. The predicted octanol–water partition coefficient (Wildman–Crippen LogP) is 1.88. The lowest BCUT2D eigenvalue weighted by Crippen LogP contribution is -2.54. The summed E-state index contributed by atoms with van der Waals surface area (Å²) in [6, 6.07) is 0. The van der Waals surface area contributed by atoms with Crippen LogP contribution in [-0.4, -0.2) is 17.4 Å². The molecule has 0 amide bonds. The van der Waals surface area contributed by atoms with Gasteiger partial charge in [0.25, 0.3) is 0 Å². The van der Waals surface area contributed by atoms with Crippen molar-refractivity contribution in [2.24, 2.45) is 16.7 Å². The third-order valence-electron chi connectivity index (χ3n) is 4.57. The van der Waals surface area contributed by atoms with Crippen LogP contribution in [0.4, 0.5) is 0 Å². The Kier molecular flexibility index (Phi) is 1.54. The highest BCUT2D eigenvalue weighted by Crippen LogP contribution is 2.60. The zero-order chi connectivity index (χ0) is 10.0. The highest BCUT2D eigenvalue weighted by molar-refractivity contribution is 5.07. The zero-order valence-electron chi connectivity index (χ0n) is 9.27. The van der Waals surface area contributed by atoms with E-state index >= 15 is 0 Å². The number of rotatable bonds is 0. The summed E-state index contributed by atoms with van der Waals surface area (Å²) in [4.78, 5) is 0. The second-order valence-corrected chi connectivity index (χ2v) is 6.84. The zero-order valence-corrected chi connectivity index (χ0v) is 9.27. The normalized spacial score (nSPS) is 61.5. The molecule has 4 fully saturated rings. The highest BCUT2D eigenvalue weighted by Gasteiger charge is 2.56. The van der Waals surface area contributed by atoms with Crippen molar-refractivity contribution in [3.63, 3.8) is 0 Å². The van der Waals surface area contributed by atoms with Gasteiger partial charge in [-0.25, -0.2) is 0 Å². The summed E-state index contributed by atoms with van der Waals surface area (Å²) in [5.41, 5.74) is 0.245. The van der Waals surface area contributed by atoms with Gasteiger partial charge in [0, 0.05) is 6.54 Å². The molecule has 80 valence electrons. The van der Waals surface area contributed by atoms with E-state index in [1.54, 1.807) is 0 Å². The van der Waals surface area contributed by atoms with Gasteiger partial charge in [0.2, 0.25) is 0 Å². The van der Waals surface area contributed by atoms with Crippen molar-refractivity contribution in [1.82, 2.24) is 5.32 Å². The van der Waals surface area contributed by atoms with Crippen LogP contribution in [0.3, 0.4) is 0 Å². The van der Waals surface area contributed by atoms with Gasteiger partial charge in [-0.15, -0.1) is 0 Å². The molecule has 2 aliphatic carbocycles. The summed E-state index contributed by atoms with van der Waals surface area (Å²) >= 11 is 0. The first-order valence-corrected chi connectivity index (χ1v) is 5.88. The van der Waals surface area contributed by atoms with Crippen LogP contribution >= 0.6 is 0 Å². The smallest absolute Gasteiger partial charge is 0.117 e. The summed E-state index contributed by atoms with van der Waals surface area (Å²) < 4.78 is 0. The van der Waals surface area contributed by atoms with E-state index in [1.165, 1.54) is 19.3 Å². The molecular formula is C12H21NO. The maximum Gasteiger partial charge on any atom is 0.117 e. The van der Waals surface area contributed by atoms with Crippen molar-refractivity contribution in [1.29, 1.82) is 0 Å². The quantitative estimate of drug-likeness (QED) is 0.618. The van der Waals surface area contributed by atoms with E-state index in [-0.39, 0.29) is 0 Å². The van der Waals surface area contributed by atoms with Crippen molar-refractivity contribution in [3.05, 3.63) is 0 Å². The van der Waals surface area contributed by atoms with Crippen LogP contribution in [-0.2, 0) is 0 Å². The van der Waals surface area contributed by atoms with Crippen LogP contribution in [0.5, 0.6) is 0 Å². The lowest BCUT2D eigenvalue weighted by atomic mass is 9.53. The van der Waals surface area contributed by atoms with Crippen LogP contribution in [0, 0.1) is 16.7 Å². The Morgan fingerprint density at radius 3 is 2.21 bits per heavy atom. The monoisotopic (exact) mass is 195 g/mol. The van der Waals surface area contributed by atoms with Crippen LogP contribution in [0.25, 0.3) is 0 Å². The minimum atomic E-state index is -0.549. The number of hydrogen-bond donors (Lipinski definition) is 2. The molecule has 0 aromatic rings. The average molecular weight is 195 g/mol. The van der Waals surface area contributed by atoms with Gasteiger partial charge in [0.15, 0.2) is 0 Å². The van der Waals surface area contributed by atoms with Gasteiger partial charge in [-0.3, -0.25) is 5.32 Å². The molecule has 2 saturated heterocycles. The summed E-state index contributed by atoms with van der Waals surface area (Å²) in [5, 5.41) is 13.9. The van der Waals surface area contributed by atoms with E-state index in [1.807, 2.05) is 0 Å². The van der Waals surface area contributed by atoms with Gasteiger partial charge in [0.1, 0.15) is 5.72 Å². The fourth-order valence-corrected chi connectivity index (χ4v) is 4.99. The summed E-state index contributed by atoms with van der Waals surface area (Å²) in [6.07, 6.45) is 5.88. The summed E-state index contributed by atoms with van der Waals surface area (Å²) in [5.74, 6) is 0.801. The Hall–Kier alpha value is -0.0800. The van der Waals surface area contributed by atoms with E-state index in [9.17, 15) is 5.11 Å². The molecule has 4 rings (SSSR count). The SMILES string of the molecule is CC12CC3CNC(O)(C1)CC(C)(C3)C2. The third-order valence-corrected chi connectivity index (χ3v) is 4.57. The molecule has 0 aromatic carbocycles. The molecule has 2 atom stereocenters. The molecule has 0 aromatic heterocycles. The van der Waals surface area contributed by atoms with E-state index in [2.05, 4.69) is 19.2 Å². The Balaban J connectivity index is 2.05. The Morgan fingerprint density at radius 1 is 1.07 bits per heavy atom. The molecule has 2 heterocycles. The lowest BCUT2D eigenvalue weighted by Gasteiger charge is -2.54. The first kappa shape index (κ1) is 9.17. The number of aliphatic hydroxyl groups is 1. The van der Waals surface area contributed by atoms with Crippen LogP contribution < -0.4 is 5.32 Å². The maximum absolute atomic E-state index is 10.5. The van der Waals surface area contributed by atoms with Crippen molar-refractivity contribution in [2.45, 2.75) is 51.7 Å². The fraction of sp³-hybridized carbons (Fsp3) is 1.00. The van der Waals surface area contributed by atoms with Crippen LogP contribution in [0.2, 0.25) is 0 Å². The lowest BCUT2D eigenvalue weighted by molar-refractivity contribution is -0.121. The number of nitrogens with one attached hydrogen (secondary N) is 1. The largest absolute Gasteiger partial charge is 0.376 e. The van der Waals surface area contributed by atoms with E-state index in [0.717, 1.165) is 25.3 Å². The molecule has 2 aliphatic heterocycles. The Bertz CT molecular complexity index is 253. The summed E-state index contributed by atoms with van der Waals surface area (Å²) in [7, 11) is 0. The maximum atomic E-state index is 10.5. The molecule has 2 heteroatoms. The van der Waals surface area contributed by atoms with Crippen LogP contribution in [0.1, 0.15) is 46.0 Å². The van der Waals surface area contributed by atoms with Gasteiger partial charge < -0.3 is 5.11 Å². The van der Waals surface area contributed by atoms with Gasteiger partial charge in [-0.2, -0.15) is 0 Å². The molecular weight excluding hydrogens is 174 g/mol. The number of fused-ring (bicyclic) bond motifs is 1. The van der Waals surface area contributed by atoms with Gasteiger partial charge >= 0.3 is 0 Å². The summed E-state index contributed by atoms with van der Waals surface area (Å²) in [6.45, 7) is 5.77. The second-order valence-electron chi connectivity index (χ2n) is 6.84. The predicted molar refractivity (Wildman–Crippen MR) is 55.7 cm³/mol. The third kappa shape index (κ3) is 1.24. The Labute approximate surface area is 86.1 Å². The van der Waals surface area contributed by atoms with E-state index < -0.39 is 5.72 Å². The minimum Gasteiger partial charge on any atom is -0.376 e. The molecule has 0 spiro atoms. The molecule has 14 heavy (non-hydrogen) atoms. The van der Waals surface area contributed by atoms with Gasteiger partial charge in [-0.1, -0.05) is 13.8 Å². The van der Waals surface area contributed by atoms with Crippen molar-refractivity contribution >= 4 is 0 Å². The topological polar surface area (TPSA) is 32.3 Å². The second kappa shape index (κ2) is 2.35. The first-order valence-electron chi connectivity index (χ1n) is 5.88. The van der Waals surface area contributed by atoms with Crippen molar-refractivity contribution in [2.75, 3.05) is 6.54 Å². The molecule has 2 unspecified atom stereocenters. The molecule has 2 N–H and O–H groups in total. The highest BCUT2D eigenvalue weighted by atomic mass is 16.3. The van der Waals surface area contributed by atoms with E-state index in [4.69, 9.17) is 0 Å². The van der Waals surface area contributed by atoms with Gasteiger partial charge in [-0.05, 0) is 48.9 Å². The standard InChI is InChI=1S/C12H21NO/c1-10-3-9-4-11(2,6-10)8-12(14,7-10)13-5-9/h9,13-14H,3-8H2,1-2H3. The number of hydrogen-bond acceptors (Lipinski definition) is 2. The molecule has 2 nitrogen and oxygen atoms in total. The molecule has 2 saturated carbocycles. The first-order chi connectivity index (χ1) is 6.41. The molecule has 0 radical (unpaired) electrons. The van der Waals surface area contributed by atoms with Crippen LogP contribution in [0.15, 0.2) is 0 Å². The molecule has 4 bridgehead atoms. The van der Waals surface area contributed by atoms with Gasteiger partial charge in [0.05, 0.1) is 0 Å². The van der Waals surface area contributed by atoms with Crippen molar-refractivity contribution in [3.8, 4) is 0 Å². The fourth-order valence-electron chi connectivity index (χ4n) is 4.99.